The van der Waals surface area contributed by atoms with Gasteiger partial charge >= 0.3 is 0 Å². The molecule has 0 saturated heterocycles. The van der Waals surface area contributed by atoms with E-state index in [1.54, 1.807) is 6.08 Å². The predicted octanol–water partition coefficient (Wildman–Crippen LogP) is 5.00. The second-order valence-corrected chi connectivity index (χ2v) is 2.90. The Kier molecular flexibility index (Phi) is 9.55. The fourth-order valence-electron chi connectivity index (χ4n) is 1.05. The third-order valence-corrected chi connectivity index (χ3v) is 1.87. The van der Waals surface area contributed by atoms with E-state index in [1.807, 2.05) is 38.2 Å². The van der Waals surface area contributed by atoms with Crippen LogP contribution in [0.4, 0.5) is 0 Å². The Bertz CT molecular complexity index is 309. The summed E-state index contributed by atoms with van der Waals surface area (Å²) >= 11 is 0. The summed E-state index contributed by atoms with van der Waals surface area (Å²) in [6, 6.07) is 0. The smallest absolute Gasteiger partial charge is 0.0193 e. The molecule has 0 radical (unpaired) electrons. The first-order valence-electron chi connectivity index (χ1n) is 4.62. The summed E-state index contributed by atoms with van der Waals surface area (Å²) in [5, 5.41) is 0. The van der Waals surface area contributed by atoms with E-state index in [0.717, 1.165) is 16.7 Å². The van der Waals surface area contributed by atoms with Crippen molar-refractivity contribution in [3.8, 4) is 0 Å². The summed E-state index contributed by atoms with van der Waals surface area (Å²) < 4.78 is 0. The van der Waals surface area contributed by atoms with Crippen LogP contribution in [0.15, 0.2) is 72.9 Å². The normalized spacial score (nSPS) is 12.8. The molecule has 0 aromatic heterocycles. The third kappa shape index (κ3) is 5.69. The molecule has 0 heterocycles. The van der Waals surface area contributed by atoms with E-state index < -0.39 is 0 Å². The number of rotatable bonds is 5. The SMILES string of the molecule is C.C=C/C=C(C=C)/C(/C=C(\C)C=C)=C/C. The molecule has 0 heteroatoms. The Morgan fingerprint density at radius 2 is 1.60 bits per heavy atom. The molecule has 0 nitrogen and oxygen atoms in total. The first-order chi connectivity index (χ1) is 6.69. The first-order valence-corrected chi connectivity index (χ1v) is 4.62. The van der Waals surface area contributed by atoms with E-state index in [2.05, 4.69) is 25.8 Å². The minimum atomic E-state index is 0. The van der Waals surface area contributed by atoms with Crippen molar-refractivity contribution < 1.29 is 0 Å². The zero-order valence-electron chi connectivity index (χ0n) is 9.09. The van der Waals surface area contributed by atoms with Gasteiger partial charge in [-0.3, -0.25) is 0 Å². The lowest BCUT2D eigenvalue weighted by molar-refractivity contribution is 1.44. The number of allylic oxidation sites excluding steroid dienone is 9. The van der Waals surface area contributed by atoms with Crippen LogP contribution in [0.2, 0.25) is 0 Å². The second-order valence-electron chi connectivity index (χ2n) is 2.90. The zero-order chi connectivity index (χ0) is 11.0. The van der Waals surface area contributed by atoms with Crippen LogP contribution in [0.25, 0.3) is 0 Å². The van der Waals surface area contributed by atoms with E-state index in [1.165, 1.54) is 0 Å². The van der Waals surface area contributed by atoms with E-state index in [9.17, 15) is 0 Å². The molecule has 0 rings (SSSR count). The highest BCUT2D eigenvalue weighted by atomic mass is 14.0. The molecule has 0 aliphatic heterocycles. The van der Waals surface area contributed by atoms with Gasteiger partial charge in [-0.1, -0.05) is 69.2 Å². The van der Waals surface area contributed by atoms with Gasteiger partial charge in [0.05, 0.1) is 0 Å². The lowest BCUT2D eigenvalue weighted by atomic mass is 10.0. The average molecular weight is 202 g/mol. The lowest BCUT2D eigenvalue weighted by Gasteiger charge is -2.02. The van der Waals surface area contributed by atoms with Crippen molar-refractivity contribution in [3.63, 3.8) is 0 Å². The van der Waals surface area contributed by atoms with Crippen molar-refractivity contribution in [2.75, 3.05) is 0 Å². The Balaban J connectivity index is 0. The molecule has 0 spiro atoms. The maximum Gasteiger partial charge on any atom is -0.0193 e. The molecular formula is C15H22. The molecule has 0 atom stereocenters. The van der Waals surface area contributed by atoms with Crippen LogP contribution in [0.5, 0.6) is 0 Å². The highest BCUT2D eigenvalue weighted by Gasteiger charge is 1.95. The van der Waals surface area contributed by atoms with Crippen LogP contribution in [-0.4, -0.2) is 0 Å². The Morgan fingerprint density at radius 3 is 1.93 bits per heavy atom. The fraction of sp³-hybridized carbons (Fsp3) is 0.200. The Morgan fingerprint density at radius 1 is 1.00 bits per heavy atom. The van der Waals surface area contributed by atoms with E-state index in [4.69, 9.17) is 0 Å². The first kappa shape index (κ1) is 15.9. The molecule has 0 fully saturated rings. The topological polar surface area (TPSA) is 0 Å². The quantitative estimate of drug-likeness (QED) is 0.550. The highest BCUT2D eigenvalue weighted by molar-refractivity contribution is 5.48. The maximum absolute atomic E-state index is 3.77. The van der Waals surface area contributed by atoms with Crippen LogP contribution >= 0.6 is 0 Å². The van der Waals surface area contributed by atoms with Crippen molar-refractivity contribution >= 4 is 0 Å². The van der Waals surface area contributed by atoms with Crippen molar-refractivity contribution in [2.24, 2.45) is 0 Å². The highest BCUT2D eigenvalue weighted by Crippen LogP contribution is 2.15. The van der Waals surface area contributed by atoms with Gasteiger partial charge in [0.25, 0.3) is 0 Å². The predicted molar refractivity (Wildman–Crippen MR) is 72.9 cm³/mol. The van der Waals surface area contributed by atoms with Gasteiger partial charge < -0.3 is 0 Å². The maximum atomic E-state index is 3.77. The lowest BCUT2D eigenvalue weighted by Crippen LogP contribution is -1.83. The Labute approximate surface area is 94.7 Å². The van der Waals surface area contributed by atoms with Crippen LogP contribution in [0, 0.1) is 0 Å². The summed E-state index contributed by atoms with van der Waals surface area (Å²) in [6.07, 6.45) is 11.5. The summed E-state index contributed by atoms with van der Waals surface area (Å²) in [6.45, 7) is 15.2. The molecule has 15 heavy (non-hydrogen) atoms. The molecule has 0 aromatic rings. The second kappa shape index (κ2) is 9.01. The van der Waals surface area contributed by atoms with Crippen LogP contribution in [-0.2, 0) is 0 Å². The molecule has 0 aliphatic carbocycles. The molecule has 0 aromatic carbocycles. The van der Waals surface area contributed by atoms with Crippen LogP contribution in [0.1, 0.15) is 21.3 Å². The molecule has 0 saturated carbocycles. The van der Waals surface area contributed by atoms with Crippen LogP contribution in [0.3, 0.4) is 0 Å². The van der Waals surface area contributed by atoms with Crippen LogP contribution < -0.4 is 0 Å². The summed E-state index contributed by atoms with van der Waals surface area (Å²) in [5.41, 5.74) is 3.34. The molecule has 0 N–H and O–H groups in total. The standard InChI is InChI=1S/C14H18.CH4/c1-6-10-13(8-3)14(9-4)11-12(5)7-2;/h6-11H,1-3H2,4-5H3;1H4/b12-11+,13-10+,14-9+;. The minimum absolute atomic E-state index is 0. The number of hydrogen-bond donors (Lipinski definition) is 0. The third-order valence-electron chi connectivity index (χ3n) is 1.87. The molecular weight excluding hydrogens is 180 g/mol. The monoisotopic (exact) mass is 202 g/mol. The van der Waals surface area contributed by atoms with Gasteiger partial charge in [-0.2, -0.15) is 0 Å². The summed E-state index contributed by atoms with van der Waals surface area (Å²) in [4.78, 5) is 0. The van der Waals surface area contributed by atoms with Gasteiger partial charge in [0.2, 0.25) is 0 Å². The molecule has 0 aliphatic rings. The molecule has 0 amide bonds. The van der Waals surface area contributed by atoms with Gasteiger partial charge in [0.15, 0.2) is 0 Å². The molecule has 0 bridgehead atoms. The van der Waals surface area contributed by atoms with Crippen molar-refractivity contribution in [2.45, 2.75) is 21.3 Å². The number of hydrogen-bond acceptors (Lipinski definition) is 0. The van der Waals surface area contributed by atoms with Gasteiger partial charge in [-0.15, -0.1) is 0 Å². The van der Waals surface area contributed by atoms with E-state index in [-0.39, 0.29) is 7.43 Å². The zero-order valence-corrected chi connectivity index (χ0v) is 9.09. The molecule has 0 unspecified atom stereocenters. The van der Waals surface area contributed by atoms with Gasteiger partial charge in [-0.05, 0) is 25.0 Å². The molecule has 82 valence electrons. The summed E-state index contributed by atoms with van der Waals surface area (Å²) in [7, 11) is 0. The van der Waals surface area contributed by atoms with Gasteiger partial charge in [0, 0.05) is 0 Å². The van der Waals surface area contributed by atoms with Crippen molar-refractivity contribution in [3.05, 3.63) is 72.9 Å². The van der Waals surface area contributed by atoms with Gasteiger partial charge in [0.1, 0.15) is 0 Å². The average Bonchev–Trinajstić information content (AvgIpc) is 2.22. The van der Waals surface area contributed by atoms with Crippen molar-refractivity contribution in [1.82, 2.24) is 0 Å². The summed E-state index contributed by atoms with van der Waals surface area (Å²) in [5.74, 6) is 0. The Hall–Kier alpha value is -1.56. The van der Waals surface area contributed by atoms with Gasteiger partial charge in [-0.25, -0.2) is 0 Å². The minimum Gasteiger partial charge on any atom is -0.0990 e. The fourth-order valence-corrected chi connectivity index (χ4v) is 1.05. The van der Waals surface area contributed by atoms with E-state index in [0.29, 0.717) is 0 Å². The van der Waals surface area contributed by atoms with Crippen molar-refractivity contribution in [1.29, 1.82) is 0 Å². The van der Waals surface area contributed by atoms with E-state index >= 15 is 0 Å². The largest absolute Gasteiger partial charge is 0.0990 e.